The summed E-state index contributed by atoms with van der Waals surface area (Å²) in [6, 6.07) is 11.4. The third kappa shape index (κ3) is 8.02. The molecule has 1 saturated heterocycles. The van der Waals surface area contributed by atoms with Gasteiger partial charge < -0.3 is 15.9 Å². The molecule has 3 N–H and O–H groups in total. The van der Waals surface area contributed by atoms with Gasteiger partial charge in [-0.2, -0.15) is 17.5 Å². The third-order valence-electron chi connectivity index (χ3n) is 4.94. The number of hydrogen-bond donors (Lipinski definition) is 2. The Morgan fingerprint density at radius 3 is 2.29 bits per heavy atom. The van der Waals surface area contributed by atoms with Crippen molar-refractivity contribution in [3.63, 3.8) is 0 Å². The quantitative estimate of drug-likeness (QED) is 0.485. The molecule has 0 bridgehead atoms. The van der Waals surface area contributed by atoms with E-state index in [9.17, 15) is 21.6 Å². The molecule has 7 nitrogen and oxygen atoms in total. The Labute approximate surface area is 209 Å². The van der Waals surface area contributed by atoms with Crippen molar-refractivity contribution in [2.75, 3.05) is 31.5 Å². The maximum absolute atomic E-state index is 12.9. The topological polar surface area (TPSA) is 97.0 Å². The lowest BCUT2D eigenvalue weighted by atomic mass is 10.1. The van der Waals surface area contributed by atoms with Crippen molar-refractivity contribution in [3.8, 4) is 0 Å². The van der Waals surface area contributed by atoms with Crippen LogP contribution in [0.5, 0.6) is 0 Å². The van der Waals surface area contributed by atoms with Gasteiger partial charge in [-0.05, 0) is 42.0 Å². The van der Waals surface area contributed by atoms with Crippen LogP contribution in [0.15, 0.2) is 58.6 Å². The van der Waals surface area contributed by atoms with Gasteiger partial charge in [0.2, 0.25) is 10.0 Å². The Kier molecular flexibility index (Phi) is 11.6. The van der Waals surface area contributed by atoms with Crippen LogP contribution in [0.25, 0.3) is 0 Å². The van der Waals surface area contributed by atoms with Crippen molar-refractivity contribution >= 4 is 46.2 Å². The van der Waals surface area contributed by atoms with Gasteiger partial charge in [0.15, 0.2) is 0 Å². The lowest BCUT2D eigenvalue weighted by Crippen LogP contribution is -2.38. The molecule has 0 aromatic heterocycles. The largest absolute Gasteiger partial charge is 0.416 e. The first kappa shape index (κ1) is 30.0. The minimum Gasteiger partial charge on any atom is -0.391 e. The van der Waals surface area contributed by atoms with E-state index in [0.29, 0.717) is 37.2 Å². The molecule has 0 spiro atoms. The summed E-state index contributed by atoms with van der Waals surface area (Å²) in [5.74, 6) is 0. The lowest BCUT2D eigenvalue weighted by molar-refractivity contribution is -0.137. The summed E-state index contributed by atoms with van der Waals surface area (Å²) in [5, 5.41) is 7.08. The zero-order chi connectivity index (χ0) is 23.2. The van der Waals surface area contributed by atoms with E-state index < -0.39 is 21.8 Å². The minimum absolute atomic E-state index is 0. The van der Waals surface area contributed by atoms with Gasteiger partial charge in [-0.3, -0.25) is 0 Å². The molecule has 1 fully saturated rings. The number of anilines is 1. The van der Waals surface area contributed by atoms with Crippen molar-refractivity contribution in [1.82, 2.24) is 4.31 Å². The fourth-order valence-corrected chi connectivity index (χ4v) is 4.66. The molecular formula is C21H27Cl2F3N4O3S. The second kappa shape index (κ2) is 13.1. The molecule has 0 radical (unpaired) electrons. The molecule has 3 rings (SSSR count). The molecule has 0 saturated carbocycles. The number of alkyl halides is 3. The van der Waals surface area contributed by atoms with Crippen molar-refractivity contribution in [2.24, 2.45) is 10.9 Å². The second-order valence-corrected chi connectivity index (χ2v) is 9.21. The number of rotatable bonds is 8. The molecule has 2 aromatic carbocycles. The van der Waals surface area contributed by atoms with Gasteiger partial charge in [0.25, 0.3) is 0 Å². The third-order valence-corrected chi connectivity index (χ3v) is 6.86. The maximum Gasteiger partial charge on any atom is 0.416 e. The lowest BCUT2D eigenvalue weighted by Gasteiger charge is -2.26. The van der Waals surface area contributed by atoms with Crippen LogP contribution in [0.1, 0.15) is 24.0 Å². The van der Waals surface area contributed by atoms with Gasteiger partial charge in [-0.25, -0.2) is 8.42 Å². The van der Waals surface area contributed by atoms with Crippen LogP contribution < -0.4 is 11.1 Å². The summed E-state index contributed by atoms with van der Waals surface area (Å²) in [6.07, 6.45) is -3.64. The maximum atomic E-state index is 12.9. The molecule has 2 aromatic rings. The van der Waals surface area contributed by atoms with E-state index in [1.807, 2.05) is 0 Å². The average Bonchev–Trinajstić information content (AvgIpc) is 2.78. The van der Waals surface area contributed by atoms with E-state index in [-0.39, 0.29) is 49.4 Å². The Bertz CT molecular complexity index is 1040. The molecule has 34 heavy (non-hydrogen) atoms. The molecule has 13 heteroatoms. The van der Waals surface area contributed by atoms with Crippen molar-refractivity contribution in [3.05, 3.63) is 59.7 Å². The Balaban J connectivity index is 0.00000289. The van der Waals surface area contributed by atoms with Gasteiger partial charge in [0.05, 0.1) is 16.2 Å². The van der Waals surface area contributed by atoms with Crippen LogP contribution in [0, 0.1) is 0 Å². The van der Waals surface area contributed by atoms with E-state index in [0.717, 1.165) is 17.8 Å². The molecule has 0 aliphatic carbocycles. The molecule has 0 atom stereocenters. The van der Waals surface area contributed by atoms with Crippen molar-refractivity contribution in [2.45, 2.75) is 30.5 Å². The number of hydrogen-bond acceptors (Lipinski definition) is 6. The normalized spacial score (nSPS) is 14.5. The van der Waals surface area contributed by atoms with E-state index >= 15 is 0 Å². The molecule has 0 unspecified atom stereocenters. The van der Waals surface area contributed by atoms with E-state index in [4.69, 9.17) is 10.6 Å². The summed E-state index contributed by atoms with van der Waals surface area (Å²) in [4.78, 5) is 5.42. The summed E-state index contributed by atoms with van der Waals surface area (Å²) >= 11 is 0. The van der Waals surface area contributed by atoms with Gasteiger partial charge in [0, 0.05) is 44.7 Å². The molecule has 190 valence electrons. The Morgan fingerprint density at radius 1 is 1.06 bits per heavy atom. The number of nitrogens with two attached hydrogens (primary N) is 1. The van der Waals surface area contributed by atoms with E-state index in [1.54, 1.807) is 24.3 Å². The van der Waals surface area contributed by atoms with Gasteiger partial charge >= 0.3 is 6.18 Å². The fraction of sp³-hybridized carbons (Fsp3) is 0.381. The first-order chi connectivity index (χ1) is 15.2. The number of nitrogens with one attached hydrogen (secondary N) is 1. The van der Waals surface area contributed by atoms with Crippen LogP contribution in [0.4, 0.5) is 18.9 Å². The Hall–Kier alpha value is -2.05. The monoisotopic (exact) mass is 542 g/mol. The van der Waals surface area contributed by atoms with E-state index in [1.165, 1.54) is 16.4 Å². The molecule has 1 aliphatic heterocycles. The molecule has 1 heterocycles. The van der Waals surface area contributed by atoms with Crippen LogP contribution >= 0.6 is 24.8 Å². The van der Waals surface area contributed by atoms with Crippen LogP contribution in [-0.4, -0.2) is 44.6 Å². The highest BCUT2D eigenvalue weighted by molar-refractivity contribution is 7.89. The zero-order valence-electron chi connectivity index (χ0n) is 18.1. The number of sulfonamides is 1. The summed E-state index contributed by atoms with van der Waals surface area (Å²) in [7, 11) is -3.63. The summed E-state index contributed by atoms with van der Waals surface area (Å²) in [5.41, 5.74) is 6.52. The van der Waals surface area contributed by atoms with Crippen LogP contribution in [-0.2, 0) is 27.6 Å². The highest BCUT2D eigenvalue weighted by atomic mass is 35.5. The summed E-state index contributed by atoms with van der Waals surface area (Å²) < 4.78 is 65.4. The number of nitrogens with zero attached hydrogens (tertiary/aromatic N) is 2. The first-order valence-corrected chi connectivity index (χ1v) is 11.5. The average molecular weight is 543 g/mol. The highest BCUT2D eigenvalue weighted by Crippen LogP contribution is 2.29. The highest BCUT2D eigenvalue weighted by Gasteiger charge is 2.30. The van der Waals surface area contributed by atoms with Crippen LogP contribution in [0.3, 0.4) is 0 Å². The van der Waals surface area contributed by atoms with Gasteiger partial charge in [-0.1, -0.05) is 17.3 Å². The fourth-order valence-electron chi connectivity index (χ4n) is 3.22. The number of piperidine rings is 1. The SMILES string of the molecule is Cl.Cl.NCCNc1ccc(S(=O)(=O)N2CCC(=NOCc3cccc(C(F)(F)F)c3)CC2)cc1. The van der Waals surface area contributed by atoms with Crippen molar-refractivity contribution in [1.29, 1.82) is 0 Å². The van der Waals surface area contributed by atoms with Crippen LogP contribution in [0.2, 0.25) is 0 Å². The van der Waals surface area contributed by atoms with E-state index in [2.05, 4.69) is 10.5 Å². The van der Waals surface area contributed by atoms with Gasteiger partial charge in [-0.15, -0.1) is 24.8 Å². The van der Waals surface area contributed by atoms with Gasteiger partial charge in [0.1, 0.15) is 6.61 Å². The number of halogens is 5. The molecule has 1 aliphatic rings. The minimum atomic E-state index is -4.42. The smallest absolute Gasteiger partial charge is 0.391 e. The Morgan fingerprint density at radius 2 is 1.71 bits per heavy atom. The second-order valence-electron chi connectivity index (χ2n) is 7.27. The predicted octanol–water partition coefficient (Wildman–Crippen LogP) is 4.28. The zero-order valence-corrected chi connectivity index (χ0v) is 20.6. The number of benzene rings is 2. The standard InChI is InChI=1S/C21H25F3N4O3S.2ClH/c22-21(23,24)17-3-1-2-16(14-17)15-31-27-19-8-12-28(13-9-19)32(29,30)20-6-4-18(5-7-20)26-11-10-25;;/h1-7,14,26H,8-13,15,25H2;2*1H. The summed E-state index contributed by atoms with van der Waals surface area (Å²) in [6.45, 7) is 1.47. The predicted molar refractivity (Wildman–Crippen MR) is 130 cm³/mol. The van der Waals surface area contributed by atoms with Crippen molar-refractivity contribution < 1.29 is 26.4 Å². The molecule has 0 amide bonds. The molecular weight excluding hydrogens is 516 g/mol. The first-order valence-electron chi connectivity index (χ1n) is 10.1. The number of oxime groups is 1.